The molecule has 2 aromatic carbocycles. The van der Waals surface area contributed by atoms with Crippen LogP contribution in [-0.2, 0) is 4.79 Å². The summed E-state index contributed by atoms with van der Waals surface area (Å²) in [5, 5.41) is 15.2. The molecule has 1 heterocycles. The van der Waals surface area contributed by atoms with Gasteiger partial charge in [-0.25, -0.2) is 0 Å². The summed E-state index contributed by atoms with van der Waals surface area (Å²) in [6.45, 7) is 6.33. The van der Waals surface area contributed by atoms with Gasteiger partial charge in [0.15, 0.2) is 0 Å². The SMILES string of the molecule is CCCCC(=O)NC(c1ccc(C(C)C)cc1)c1cc(Cl)c2cccnc2c1O. The van der Waals surface area contributed by atoms with Crippen molar-refractivity contribution in [3.05, 3.63) is 70.4 Å². The second-order valence-corrected chi connectivity index (χ2v) is 8.03. The maximum atomic E-state index is 12.6. The Kier molecular flexibility index (Phi) is 6.75. The normalized spacial score (nSPS) is 12.3. The fourth-order valence-electron chi connectivity index (χ4n) is 3.41. The highest BCUT2D eigenvalue weighted by Gasteiger charge is 2.23. The molecule has 29 heavy (non-hydrogen) atoms. The molecule has 0 fully saturated rings. The number of amides is 1. The summed E-state index contributed by atoms with van der Waals surface area (Å²) in [5.74, 6) is 0.398. The van der Waals surface area contributed by atoms with Crippen LogP contribution >= 0.6 is 11.6 Å². The predicted molar refractivity (Wildman–Crippen MR) is 118 cm³/mol. The summed E-state index contributed by atoms with van der Waals surface area (Å²) in [6, 6.07) is 12.9. The Bertz CT molecular complexity index is 1000. The van der Waals surface area contributed by atoms with E-state index in [2.05, 4.69) is 43.2 Å². The highest BCUT2D eigenvalue weighted by atomic mass is 35.5. The van der Waals surface area contributed by atoms with Gasteiger partial charge in [-0.3, -0.25) is 9.78 Å². The Hall–Kier alpha value is -2.59. The summed E-state index contributed by atoms with van der Waals surface area (Å²) < 4.78 is 0. The molecule has 3 rings (SSSR count). The number of unbranched alkanes of at least 4 members (excludes halogenated alkanes) is 1. The fourth-order valence-corrected chi connectivity index (χ4v) is 3.68. The molecule has 1 atom stereocenters. The molecule has 0 radical (unpaired) electrons. The molecule has 1 unspecified atom stereocenters. The Morgan fingerprint density at radius 2 is 1.86 bits per heavy atom. The second kappa shape index (κ2) is 9.27. The number of benzene rings is 2. The number of nitrogens with one attached hydrogen (secondary N) is 1. The van der Waals surface area contributed by atoms with Crippen LogP contribution in [-0.4, -0.2) is 16.0 Å². The molecule has 0 aliphatic heterocycles. The number of aromatic nitrogens is 1. The molecule has 4 nitrogen and oxygen atoms in total. The highest BCUT2D eigenvalue weighted by molar-refractivity contribution is 6.35. The van der Waals surface area contributed by atoms with Crippen LogP contribution in [0.2, 0.25) is 5.02 Å². The summed E-state index contributed by atoms with van der Waals surface area (Å²) >= 11 is 6.49. The minimum absolute atomic E-state index is 0.0405. The third-order valence-corrected chi connectivity index (χ3v) is 5.47. The van der Waals surface area contributed by atoms with Crippen molar-refractivity contribution in [3.63, 3.8) is 0 Å². The lowest BCUT2D eigenvalue weighted by Gasteiger charge is -2.22. The Balaban J connectivity index is 2.08. The summed E-state index contributed by atoms with van der Waals surface area (Å²) in [6.07, 6.45) is 3.82. The molecular formula is C24H27ClN2O2. The van der Waals surface area contributed by atoms with Crippen LogP contribution in [0.5, 0.6) is 5.75 Å². The number of phenols is 1. The van der Waals surface area contributed by atoms with E-state index in [0.29, 0.717) is 33.8 Å². The van der Waals surface area contributed by atoms with Gasteiger partial charge in [0.2, 0.25) is 5.91 Å². The topological polar surface area (TPSA) is 62.2 Å². The first kappa shape index (κ1) is 21.1. The third kappa shape index (κ3) is 4.70. The number of hydrogen-bond donors (Lipinski definition) is 2. The van der Waals surface area contributed by atoms with Gasteiger partial charge < -0.3 is 10.4 Å². The van der Waals surface area contributed by atoms with E-state index >= 15 is 0 Å². The monoisotopic (exact) mass is 410 g/mol. The number of pyridine rings is 1. The predicted octanol–water partition coefficient (Wildman–Crippen LogP) is 6.11. The number of aromatic hydroxyl groups is 1. The third-order valence-electron chi connectivity index (χ3n) is 5.16. The maximum absolute atomic E-state index is 12.6. The van der Waals surface area contributed by atoms with Crippen LogP contribution < -0.4 is 5.32 Å². The Labute approximate surface area is 176 Å². The number of halogens is 1. The Morgan fingerprint density at radius 3 is 2.52 bits per heavy atom. The van der Waals surface area contributed by atoms with Crippen molar-refractivity contribution in [2.75, 3.05) is 0 Å². The van der Waals surface area contributed by atoms with Crippen molar-refractivity contribution in [3.8, 4) is 5.75 Å². The van der Waals surface area contributed by atoms with Crippen LogP contribution in [0.25, 0.3) is 10.9 Å². The van der Waals surface area contributed by atoms with E-state index in [0.717, 1.165) is 18.4 Å². The first-order valence-electron chi connectivity index (χ1n) is 10.1. The van der Waals surface area contributed by atoms with E-state index in [1.807, 2.05) is 18.2 Å². The van der Waals surface area contributed by atoms with Gasteiger partial charge in [0.25, 0.3) is 0 Å². The van der Waals surface area contributed by atoms with Crippen molar-refractivity contribution in [2.24, 2.45) is 0 Å². The van der Waals surface area contributed by atoms with Gasteiger partial charge >= 0.3 is 0 Å². The second-order valence-electron chi connectivity index (χ2n) is 7.62. The van der Waals surface area contributed by atoms with Crippen molar-refractivity contribution < 1.29 is 9.90 Å². The van der Waals surface area contributed by atoms with Gasteiger partial charge in [-0.15, -0.1) is 0 Å². The number of hydrogen-bond acceptors (Lipinski definition) is 3. The molecule has 1 aromatic heterocycles. The first-order chi connectivity index (χ1) is 13.9. The molecule has 2 N–H and O–H groups in total. The first-order valence-corrected chi connectivity index (χ1v) is 10.5. The number of carbonyl (C=O) groups is 1. The lowest BCUT2D eigenvalue weighted by atomic mass is 9.93. The zero-order valence-electron chi connectivity index (χ0n) is 17.1. The standard InChI is InChI=1S/C24H27ClN2O2/c1-4-5-8-21(28)27-22(17-11-9-16(10-12-17)15(2)3)19-14-20(25)18-7-6-13-26-23(18)24(19)29/h6-7,9-15,22,29H,4-5,8H2,1-3H3,(H,27,28). The molecule has 1 amide bonds. The smallest absolute Gasteiger partial charge is 0.220 e. The number of carbonyl (C=O) groups excluding carboxylic acids is 1. The van der Waals surface area contributed by atoms with Crippen LogP contribution in [0, 0.1) is 0 Å². The van der Waals surface area contributed by atoms with Gasteiger partial charge in [0.1, 0.15) is 11.3 Å². The number of nitrogens with zero attached hydrogens (tertiary/aromatic N) is 1. The maximum Gasteiger partial charge on any atom is 0.220 e. The average molecular weight is 411 g/mol. The largest absolute Gasteiger partial charge is 0.505 e. The molecule has 0 bridgehead atoms. The van der Waals surface area contributed by atoms with Crippen LogP contribution in [0.4, 0.5) is 0 Å². The van der Waals surface area contributed by atoms with Crippen LogP contribution in [0.1, 0.15) is 68.7 Å². The highest BCUT2D eigenvalue weighted by Crippen LogP contribution is 2.38. The van der Waals surface area contributed by atoms with Gasteiger partial charge in [-0.05, 0) is 41.7 Å². The zero-order valence-corrected chi connectivity index (χ0v) is 17.8. The lowest BCUT2D eigenvalue weighted by molar-refractivity contribution is -0.121. The van der Waals surface area contributed by atoms with Crippen LogP contribution in [0.15, 0.2) is 48.7 Å². The van der Waals surface area contributed by atoms with E-state index in [1.54, 1.807) is 18.3 Å². The van der Waals surface area contributed by atoms with Crippen LogP contribution in [0.3, 0.4) is 0 Å². The number of phenolic OH excluding ortho intramolecular Hbond substituents is 1. The van der Waals surface area contributed by atoms with Gasteiger partial charge in [-0.1, -0.05) is 63.1 Å². The Morgan fingerprint density at radius 1 is 1.17 bits per heavy atom. The van der Waals surface area contributed by atoms with Crippen molar-refractivity contribution in [2.45, 2.75) is 52.0 Å². The van der Waals surface area contributed by atoms with E-state index in [1.165, 1.54) is 5.56 Å². The molecule has 0 spiro atoms. The summed E-state index contributed by atoms with van der Waals surface area (Å²) in [5.41, 5.74) is 3.08. The fraction of sp³-hybridized carbons (Fsp3) is 0.333. The minimum Gasteiger partial charge on any atom is -0.505 e. The lowest BCUT2D eigenvalue weighted by Crippen LogP contribution is -2.29. The molecule has 0 aliphatic carbocycles. The number of fused-ring (bicyclic) bond motifs is 1. The van der Waals surface area contributed by atoms with Crippen molar-refractivity contribution in [1.29, 1.82) is 0 Å². The molecule has 0 aliphatic rings. The number of rotatable bonds is 7. The van der Waals surface area contributed by atoms with Gasteiger partial charge in [0.05, 0.1) is 11.1 Å². The van der Waals surface area contributed by atoms with Crippen molar-refractivity contribution >= 4 is 28.4 Å². The van der Waals surface area contributed by atoms with E-state index < -0.39 is 6.04 Å². The van der Waals surface area contributed by atoms with Gasteiger partial charge in [-0.2, -0.15) is 0 Å². The summed E-state index contributed by atoms with van der Waals surface area (Å²) in [7, 11) is 0. The average Bonchev–Trinajstić information content (AvgIpc) is 2.73. The molecule has 5 heteroatoms. The summed E-state index contributed by atoms with van der Waals surface area (Å²) in [4.78, 5) is 16.8. The molecule has 0 saturated heterocycles. The zero-order chi connectivity index (χ0) is 21.0. The molecule has 0 saturated carbocycles. The quantitative estimate of drug-likeness (QED) is 0.493. The van der Waals surface area contributed by atoms with Crippen molar-refractivity contribution in [1.82, 2.24) is 10.3 Å². The van der Waals surface area contributed by atoms with Gasteiger partial charge in [0, 0.05) is 23.6 Å². The van der Waals surface area contributed by atoms with E-state index in [9.17, 15) is 9.90 Å². The molecular weight excluding hydrogens is 384 g/mol. The van der Waals surface area contributed by atoms with E-state index in [4.69, 9.17) is 11.6 Å². The van der Waals surface area contributed by atoms with E-state index in [-0.39, 0.29) is 11.7 Å². The minimum atomic E-state index is -0.510. The molecule has 152 valence electrons. The molecule has 3 aromatic rings.